The standard InChI is InChI=1S/C39H30ClIN2O6/c1-49-32-18-21(10-17-31(32)44)34-27-15-16-28-33(37(47)42(35(28)45)25-13-11-24(41)12-14-25)29(27)20-30-36(46)43(26-9-5-8-23(40)19-26)38(48)39(30,34)22-6-3-2-4-7-22/h2-15,17-19,28-30,33-34,44H,16,20H2,1H3/t28-,29+,30-,33-,34-,39+/m0/s1. The maximum Gasteiger partial charge on any atom is 0.246 e. The van der Waals surface area contributed by atoms with Crippen molar-refractivity contribution in [2.75, 3.05) is 16.9 Å². The highest BCUT2D eigenvalue weighted by atomic mass is 127. The van der Waals surface area contributed by atoms with E-state index in [4.69, 9.17) is 16.3 Å². The monoisotopic (exact) mass is 784 g/mol. The first-order valence-corrected chi connectivity index (χ1v) is 17.5. The number of halogens is 2. The second-order valence-electron chi connectivity index (χ2n) is 13.0. The molecule has 4 amide bonds. The molecule has 10 heteroatoms. The van der Waals surface area contributed by atoms with Crippen molar-refractivity contribution < 1.29 is 29.0 Å². The van der Waals surface area contributed by atoms with Gasteiger partial charge in [0.25, 0.3) is 0 Å². The van der Waals surface area contributed by atoms with Gasteiger partial charge in [-0.1, -0.05) is 65.7 Å². The number of anilines is 2. The molecule has 0 radical (unpaired) electrons. The molecule has 4 aliphatic rings. The minimum atomic E-state index is -1.42. The van der Waals surface area contributed by atoms with E-state index in [1.165, 1.54) is 23.0 Å². The first-order valence-electron chi connectivity index (χ1n) is 16.1. The highest BCUT2D eigenvalue weighted by Gasteiger charge is 2.70. The smallest absolute Gasteiger partial charge is 0.246 e. The zero-order chi connectivity index (χ0) is 34.2. The van der Waals surface area contributed by atoms with Gasteiger partial charge in [0.2, 0.25) is 23.6 Å². The van der Waals surface area contributed by atoms with E-state index in [0.29, 0.717) is 33.9 Å². The van der Waals surface area contributed by atoms with Gasteiger partial charge in [0.1, 0.15) is 0 Å². The van der Waals surface area contributed by atoms with Crippen LogP contribution in [0.2, 0.25) is 5.02 Å². The number of amides is 4. The van der Waals surface area contributed by atoms with Crippen LogP contribution in [0.1, 0.15) is 29.9 Å². The fourth-order valence-electron chi connectivity index (χ4n) is 8.84. The number of carbonyl (C=O) groups is 4. The van der Waals surface area contributed by atoms with Crippen LogP contribution in [0.25, 0.3) is 0 Å². The fraction of sp³-hybridized carbons (Fsp3) is 0.231. The number of nitrogens with zero attached hydrogens (tertiary/aromatic N) is 2. The number of ether oxygens (including phenoxy) is 1. The first kappa shape index (κ1) is 31.8. The van der Waals surface area contributed by atoms with E-state index in [9.17, 15) is 19.5 Å². The molecule has 49 heavy (non-hydrogen) atoms. The van der Waals surface area contributed by atoms with Crippen molar-refractivity contribution in [1.29, 1.82) is 0 Å². The Morgan fingerprint density at radius 1 is 0.816 bits per heavy atom. The Balaban J connectivity index is 1.36. The summed E-state index contributed by atoms with van der Waals surface area (Å²) in [7, 11) is 1.45. The van der Waals surface area contributed by atoms with Gasteiger partial charge in [-0.15, -0.1) is 0 Å². The van der Waals surface area contributed by atoms with E-state index < -0.39 is 40.9 Å². The second-order valence-corrected chi connectivity index (χ2v) is 14.7. The summed E-state index contributed by atoms with van der Waals surface area (Å²) in [5.74, 6) is -4.65. The van der Waals surface area contributed by atoms with Crippen molar-refractivity contribution in [3.63, 3.8) is 0 Å². The normalized spacial score (nSPS) is 27.5. The quantitative estimate of drug-likeness (QED) is 0.133. The predicted molar refractivity (Wildman–Crippen MR) is 192 cm³/mol. The zero-order valence-electron chi connectivity index (χ0n) is 26.3. The summed E-state index contributed by atoms with van der Waals surface area (Å²) < 4.78 is 6.51. The third kappa shape index (κ3) is 4.61. The Labute approximate surface area is 301 Å². The molecular formula is C39H30ClIN2O6. The number of aromatic hydroxyl groups is 1. The highest BCUT2D eigenvalue weighted by Crippen LogP contribution is 2.64. The number of imide groups is 2. The predicted octanol–water partition coefficient (Wildman–Crippen LogP) is 7.03. The molecule has 2 saturated heterocycles. The third-order valence-corrected chi connectivity index (χ3v) is 11.7. The molecule has 0 spiro atoms. The number of rotatable bonds is 5. The molecule has 2 aliphatic carbocycles. The average molecular weight is 785 g/mol. The molecule has 2 aliphatic heterocycles. The molecule has 1 N–H and O–H groups in total. The number of hydrogen-bond acceptors (Lipinski definition) is 6. The Morgan fingerprint density at radius 2 is 1.57 bits per heavy atom. The fourth-order valence-corrected chi connectivity index (χ4v) is 9.38. The molecule has 0 bridgehead atoms. The molecule has 246 valence electrons. The molecule has 8 nitrogen and oxygen atoms in total. The van der Waals surface area contributed by atoms with E-state index in [-0.39, 0.29) is 35.6 Å². The van der Waals surface area contributed by atoms with Gasteiger partial charge in [0.05, 0.1) is 41.7 Å². The highest BCUT2D eigenvalue weighted by molar-refractivity contribution is 14.1. The van der Waals surface area contributed by atoms with Gasteiger partial charge in [-0.25, -0.2) is 4.90 Å². The summed E-state index contributed by atoms with van der Waals surface area (Å²) in [5, 5.41) is 11.0. The minimum absolute atomic E-state index is 0.0688. The van der Waals surface area contributed by atoms with Crippen LogP contribution >= 0.6 is 34.2 Å². The van der Waals surface area contributed by atoms with Crippen LogP contribution in [-0.2, 0) is 24.6 Å². The van der Waals surface area contributed by atoms with Crippen LogP contribution in [0.3, 0.4) is 0 Å². The maximum absolute atomic E-state index is 15.3. The summed E-state index contributed by atoms with van der Waals surface area (Å²) in [6.45, 7) is 0. The van der Waals surface area contributed by atoms with Crippen molar-refractivity contribution in [3.8, 4) is 11.5 Å². The van der Waals surface area contributed by atoms with Gasteiger partial charge in [-0.3, -0.25) is 24.1 Å². The van der Waals surface area contributed by atoms with Gasteiger partial charge < -0.3 is 9.84 Å². The maximum atomic E-state index is 15.3. The number of carbonyl (C=O) groups excluding carboxylic acids is 4. The number of phenolic OH excluding ortho intramolecular Hbond substituents is 1. The summed E-state index contributed by atoms with van der Waals surface area (Å²) in [6.07, 6.45) is 2.51. The summed E-state index contributed by atoms with van der Waals surface area (Å²) >= 11 is 8.57. The summed E-state index contributed by atoms with van der Waals surface area (Å²) in [4.78, 5) is 61.1. The molecule has 2 heterocycles. The van der Waals surface area contributed by atoms with Gasteiger partial charge in [0, 0.05) is 14.5 Å². The Kier molecular flexibility index (Phi) is 7.68. The lowest BCUT2D eigenvalue weighted by Crippen LogP contribution is -2.53. The Hall–Kier alpha value is -4.48. The van der Waals surface area contributed by atoms with Crippen molar-refractivity contribution in [2.45, 2.75) is 24.2 Å². The van der Waals surface area contributed by atoms with Crippen LogP contribution in [0.4, 0.5) is 11.4 Å². The molecule has 3 fully saturated rings. The van der Waals surface area contributed by atoms with Crippen molar-refractivity contribution in [1.82, 2.24) is 0 Å². The minimum Gasteiger partial charge on any atom is -0.504 e. The molecular weight excluding hydrogens is 755 g/mol. The van der Waals surface area contributed by atoms with E-state index in [2.05, 4.69) is 22.6 Å². The largest absolute Gasteiger partial charge is 0.504 e. The van der Waals surface area contributed by atoms with Crippen LogP contribution < -0.4 is 14.5 Å². The first-order chi connectivity index (χ1) is 23.7. The lowest BCUT2D eigenvalue weighted by molar-refractivity contribution is -0.127. The topological polar surface area (TPSA) is 104 Å². The van der Waals surface area contributed by atoms with Crippen LogP contribution in [-0.4, -0.2) is 35.8 Å². The molecule has 6 atom stereocenters. The summed E-state index contributed by atoms with van der Waals surface area (Å²) in [6, 6.07) is 28.2. The Morgan fingerprint density at radius 3 is 2.29 bits per heavy atom. The van der Waals surface area contributed by atoms with E-state index in [1.54, 1.807) is 48.5 Å². The van der Waals surface area contributed by atoms with Gasteiger partial charge in [-0.2, -0.15) is 0 Å². The number of methoxy groups -OCH3 is 1. The lowest BCUT2D eigenvalue weighted by atomic mass is 9.49. The van der Waals surface area contributed by atoms with Crippen molar-refractivity contribution in [2.24, 2.45) is 23.7 Å². The molecule has 1 saturated carbocycles. The Bertz CT molecular complexity index is 2080. The molecule has 0 aromatic heterocycles. The molecule has 4 aromatic rings. The zero-order valence-corrected chi connectivity index (χ0v) is 29.2. The number of allylic oxidation sites excluding steroid dienone is 2. The number of benzene rings is 4. The molecule has 0 unspecified atom stereocenters. The molecule has 8 rings (SSSR count). The third-order valence-electron chi connectivity index (χ3n) is 10.8. The lowest BCUT2D eigenvalue weighted by Gasteiger charge is -2.50. The van der Waals surface area contributed by atoms with Crippen LogP contribution in [0.5, 0.6) is 11.5 Å². The second kappa shape index (κ2) is 11.8. The summed E-state index contributed by atoms with van der Waals surface area (Å²) in [5.41, 5.74) is 1.60. The van der Waals surface area contributed by atoms with Crippen LogP contribution in [0, 0.1) is 27.2 Å². The number of fused-ring (bicyclic) bond motifs is 4. The van der Waals surface area contributed by atoms with Gasteiger partial charge in [0.15, 0.2) is 11.5 Å². The van der Waals surface area contributed by atoms with Gasteiger partial charge >= 0.3 is 0 Å². The SMILES string of the molecule is COc1cc([C@H]2C3=CC[C@@H]4C(=O)N(c5ccc(I)cc5)C(=O)[C@@H]4[C@@H]3C[C@H]3C(=O)N(c4cccc(Cl)c4)C(=O)[C@@]23c2ccccc2)ccc1O. The molecule has 4 aromatic carbocycles. The van der Waals surface area contributed by atoms with E-state index >= 15 is 4.79 Å². The number of hydrogen-bond donors (Lipinski definition) is 1. The van der Waals surface area contributed by atoms with Gasteiger partial charge in [-0.05, 0) is 107 Å². The van der Waals surface area contributed by atoms with E-state index in [0.717, 1.165) is 9.14 Å². The van der Waals surface area contributed by atoms with E-state index in [1.807, 2.05) is 48.5 Å². The van der Waals surface area contributed by atoms with Crippen molar-refractivity contribution >= 4 is 69.2 Å². The van der Waals surface area contributed by atoms with Crippen molar-refractivity contribution in [3.05, 3.63) is 128 Å². The van der Waals surface area contributed by atoms with Crippen LogP contribution in [0.15, 0.2) is 109 Å². The average Bonchev–Trinajstić information content (AvgIpc) is 3.50. The number of phenols is 1.